The molecule has 0 spiro atoms. The molecule has 1 aromatic heterocycles. The third-order valence-electron chi connectivity index (χ3n) is 2.89. The first-order chi connectivity index (χ1) is 7.70. The summed E-state index contributed by atoms with van der Waals surface area (Å²) in [6.07, 6.45) is 3.64. The fourth-order valence-electron chi connectivity index (χ4n) is 2.07. The van der Waals surface area contributed by atoms with E-state index < -0.39 is 12.0 Å². The zero-order valence-corrected chi connectivity index (χ0v) is 9.20. The van der Waals surface area contributed by atoms with Crippen molar-refractivity contribution in [2.45, 2.75) is 31.7 Å². The van der Waals surface area contributed by atoms with Gasteiger partial charge in [0.2, 0.25) is 5.95 Å². The van der Waals surface area contributed by atoms with Crippen molar-refractivity contribution in [3.8, 4) is 0 Å². The number of anilines is 1. The van der Waals surface area contributed by atoms with Gasteiger partial charge >= 0.3 is 5.97 Å². The molecule has 88 valence electrons. The SMILES string of the molecule is Cn1nnnc1N1CCCCCC1C(=O)O. The van der Waals surface area contributed by atoms with Gasteiger partial charge in [-0.3, -0.25) is 0 Å². The molecule has 0 saturated carbocycles. The number of rotatable bonds is 2. The Balaban J connectivity index is 2.27. The molecule has 7 heteroatoms. The molecule has 1 fully saturated rings. The van der Waals surface area contributed by atoms with Crippen LogP contribution in [0.4, 0.5) is 5.95 Å². The normalized spacial score (nSPS) is 21.8. The molecule has 0 aromatic carbocycles. The molecule has 2 rings (SSSR count). The van der Waals surface area contributed by atoms with Crippen LogP contribution in [0, 0.1) is 0 Å². The second-order valence-corrected chi connectivity index (χ2v) is 4.00. The van der Waals surface area contributed by atoms with Gasteiger partial charge in [-0.05, 0) is 23.3 Å². The first kappa shape index (κ1) is 10.8. The average molecular weight is 225 g/mol. The number of nitrogens with zero attached hydrogens (tertiary/aromatic N) is 5. The van der Waals surface area contributed by atoms with Crippen LogP contribution in [0.15, 0.2) is 0 Å². The van der Waals surface area contributed by atoms with Gasteiger partial charge in [0.1, 0.15) is 6.04 Å². The van der Waals surface area contributed by atoms with E-state index in [9.17, 15) is 9.90 Å². The number of hydrogen-bond acceptors (Lipinski definition) is 5. The summed E-state index contributed by atoms with van der Waals surface area (Å²) in [4.78, 5) is 13.0. The Morgan fingerprint density at radius 2 is 2.25 bits per heavy atom. The monoisotopic (exact) mass is 225 g/mol. The van der Waals surface area contributed by atoms with Crippen LogP contribution in [0.2, 0.25) is 0 Å². The number of carboxylic acids is 1. The van der Waals surface area contributed by atoms with Crippen LogP contribution in [0.1, 0.15) is 25.7 Å². The fourth-order valence-corrected chi connectivity index (χ4v) is 2.07. The van der Waals surface area contributed by atoms with Crippen molar-refractivity contribution < 1.29 is 9.90 Å². The van der Waals surface area contributed by atoms with E-state index >= 15 is 0 Å². The first-order valence-electron chi connectivity index (χ1n) is 5.42. The molecule has 0 bridgehead atoms. The molecule has 1 aliphatic heterocycles. The van der Waals surface area contributed by atoms with Crippen LogP contribution in [0.5, 0.6) is 0 Å². The molecule has 2 heterocycles. The molecule has 16 heavy (non-hydrogen) atoms. The lowest BCUT2D eigenvalue weighted by molar-refractivity contribution is -0.138. The van der Waals surface area contributed by atoms with Gasteiger partial charge in [0.15, 0.2) is 0 Å². The minimum absolute atomic E-state index is 0.507. The molecular formula is C9H15N5O2. The van der Waals surface area contributed by atoms with Crippen molar-refractivity contribution in [1.82, 2.24) is 20.2 Å². The lowest BCUT2D eigenvalue weighted by Crippen LogP contribution is -2.42. The van der Waals surface area contributed by atoms with E-state index in [1.54, 1.807) is 11.9 Å². The largest absolute Gasteiger partial charge is 0.480 e. The molecular weight excluding hydrogens is 210 g/mol. The van der Waals surface area contributed by atoms with E-state index in [0.717, 1.165) is 19.3 Å². The van der Waals surface area contributed by atoms with Crippen LogP contribution in [-0.4, -0.2) is 43.9 Å². The topological polar surface area (TPSA) is 84.1 Å². The zero-order chi connectivity index (χ0) is 11.5. The summed E-state index contributed by atoms with van der Waals surface area (Å²) in [5.74, 6) is -0.265. The molecule has 1 aromatic rings. The highest BCUT2D eigenvalue weighted by atomic mass is 16.4. The molecule has 1 saturated heterocycles. The van der Waals surface area contributed by atoms with Crippen LogP contribution < -0.4 is 4.90 Å². The zero-order valence-electron chi connectivity index (χ0n) is 9.20. The standard InChI is InChI=1S/C9H15N5O2/c1-13-9(10-11-12-13)14-6-4-2-3-5-7(14)8(15)16/h7H,2-6H2,1H3,(H,15,16). The minimum Gasteiger partial charge on any atom is -0.480 e. The number of aromatic nitrogens is 4. The summed E-state index contributed by atoms with van der Waals surface area (Å²) in [6, 6.07) is -0.507. The Morgan fingerprint density at radius 1 is 1.44 bits per heavy atom. The van der Waals surface area contributed by atoms with E-state index in [4.69, 9.17) is 0 Å². The lowest BCUT2D eigenvalue weighted by Gasteiger charge is -2.26. The summed E-state index contributed by atoms with van der Waals surface area (Å²) >= 11 is 0. The van der Waals surface area contributed by atoms with E-state index in [2.05, 4.69) is 15.5 Å². The number of aryl methyl sites for hydroxylation is 1. The number of hydrogen-bond donors (Lipinski definition) is 1. The highest BCUT2D eigenvalue weighted by Crippen LogP contribution is 2.21. The Morgan fingerprint density at radius 3 is 2.88 bits per heavy atom. The summed E-state index contributed by atoms with van der Waals surface area (Å²) in [5, 5.41) is 20.4. The van der Waals surface area contributed by atoms with Gasteiger partial charge < -0.3 is 10.0 Å². The van der Waals surface area contributed by atoms with Crippen LogP contribution in [0.3, 0.4) is 0 Å². The quantitative estimate of drug-likeness (QED) is 0.765. The van der Waals surface area contributed by atoms with Crippen molar-refractivity contribution >= 4 is 11.9 Å². The van der Waals surface area contributed by atoms with E-state index in [1.807, 2.05) is 0 Å². The smallest absolute Gasteiger partial charge is 0.326 e. The van der Waals surface area contributed by atoms with Gasteiger partial charge in [-0.15, -0.1) is 0 Å². The van der Waals surface area contributed by atoms with Crippen molar-refractivity contribution in [3.63, 3.8) is 0 Å². The molecule has 1 aliphatic rings. The molecule has 0 aliphatic carbocycles. The Bertz CT molecular complexity index is 378. The third-order valence-corrected chi connectivity index (χ3v) is 2.89. The molecule has 0 amide bonds. The van der Waals surface area contributed by atoms with Crippen LogP contribution in [0.25, 0.3) is 0 Å². The molecule has 1 N–H and O–H groups in total. The van der Waals surface area contributed by atoms with Crippen molar-refractivity contribution in [2.24, 2.45) is 7.05 Å². The molecule has 1 atom stereocenters. The van der Waals surface area contributed by atoms with E-state index in [0.29, 0.717) is 18.9 Å². The Labute approximate surface area is 93.0 Å². The van der Waals surface area contributed by atoms with Crippen LogP contribution in [-0.2, 0) is 11.8 Å². The fraction of sp³-hybridized carbons (Fsp3) is 0.778. The maximum absolute atomic E-state index is 11.2. The number of carbonyl (C=O) groups is 1. The van der Waals surface area contributed by atoms with Gasteiger partial charge in [-0.1, -0.05) is 17.9 Å². The molecule has 0 radical (unpaired) electrons. The van der Waals surface area contributed by atoms with Gasteiger partial charge in [0.25, 0.3) is 0 Å². The van der Waals surface area contributed by atoms with Crippen LogP contribution >= 0.6 is 0 Å². The summed E-state index contributed by atoms with van der Waals surface area (Å²) in [6.45, 7) is 0.700. The third kappa shape index (κ3) is 1.98. The van der Waals surface area contributed by atoms with E-state index in [-0.39, 0.29) is 0 Å². The second kappa shape index (κ2) is 4.46. The van der Waals surface area contributed by atoms with E-state index in [1.165, 1.54) is 4.68 Å². The summed E-state index contributed by atoms with van der Waals surface area (Å²) in [7, 11) is 1.72. The maximum Gasteiger partial charge on any atom is 0.326 e. The molecule has 7 nitrogen and oxygen atoms in total. The van der Waals surface area contributed by atoms with Gasteiger partial charge in [0.05, 0.1) is 0 Å². The van der Waals surface area contributed by atoms with Crippen molar-refractivity contribution in [1.29, 1.82) is 0 Å². The van der Waals surface area contributed by atoms with Crippen molar-refractivity contribution in [3.05, 3.63) is 0 Å². The summed E-state index contributed by atoms with van der Waals surface area (Å²) in [5.41, 5.74) is 0. The lowest BCUT2D eigenvalue weighted by atomic mass is 10.1. The number of carboxylic acid groups (broad SMARTS) is 1. The average Bonchev–Trinajstić information content (AvgIpc) is 2.54. The first-order valence-corrected chi connectivity index (χ1v) is 5.42. The van der Waals surface area contributed by atoms with Crippen molar-refractivity contribution in [2.75, 3.05) is 11.4 Å². The summed E-state index contributed by atoms with van der Waals surface area (Å²) < 4.78 is 1.52. The Kier molecular flexibility index (Phi) is 3.02. The maximum atomic E-state index is 11.2. The highest BCUT2D eigenvalue weighted by Gasteiger charge is 2.30. The van der Waals surface area contributed by atoms with Gasteiger partial charge in [0, 0.05) is 13.6 Å². The number of tetrazole rings is 1. The minimum atomic E-state index is -0.801. The highest BCUT2D eigenvalue weighted by molar-refractivity contribution is 5.77. The van der Waals surface area contributed by atoms with Gasteiger partial charge in [-0.25, -0.2) is 9.48 Å². The predicted molar refractivity (Wildman–Crippen MR) is 56.0 cm³/mol. The van der Waals surface area contributed by atoms with Gasteiger partial charge in [-0.2, -0.15) is 0 Å². The number of aliphatic carboxylic acids is 1. The Hall–Kier alpha value is -1.66. The second-order valence-electron chi connectivity index (χ2n) is 4.00. The molecule has 1 unspecified atom stereocenters. The predicted octanol–water partition coefficient (Wildman–Crippen LogP) is 0.0437.